The summed E-state index contributed by atoms with van der Waals surface area (Å²) in [6, 6.07) is 4.00. The lowest BCUT2D eigenvalue weighted by Crippen LogP contribution is -2.28. The average molecular weight is 221 g/mol. The van der Waals surface area contributed by atoms with E-state index >= 15 is 0 Å². The van der Waals surface area contributed by atoms with E-state index in [9.17, 15) is 0 Å². The van der Waals surface area contributed by atoms with Gasteiger partial charge in [-0.2, -0.15) is 0 Å². The molecule has 1 aliphatic carbocycles. The van der Waals surface area contributed by atoms with Crippen LogP contribution >= 0.6 is 0 Å². The first-order chi connectivity index (χ1) is 7.61. The Kier molecular flexibility index (Phi) is 3.03. The number of hydrogen-bond acceptors (Lipinski definition) is 3. The fourth-order valence-electron chi connectivity index (χ4n) is 2.64. The first-order valence-electron chi connectivity index (χ1n) is 5.73. The molecule has 0 bridgehead atoms. The molecule has 0 aromatic carbocycles. The SMILES string of the molecule is CO/N=C1/CC(c2ccco2)CC(C)(C)C1. The second kappa shape index (κ2) is 4.32. The Balaban J connectivity index is 2.18. The Morgan fingerprint density at radius 3 is 2.94 bits per heavy atom. The van der Waals surface area contributed by atoms with Crippen molar-refractivity contribution < 1.29 is 9.25 Å². The molecular weight excluding hydrogens is 202 g/mol. The Hall–Kier alpha value is -1.25. The van der Waals surface area contributed by atoms with E-state index in [2.05, 4.69) is 25.1 Å². The summed E-state index contributed by atoms with van der Waals surface area (Å²) in [4.78, 5) is 4.90. The first-order valence-corrected chi connectivity index (χ1v) is 5.73. The third-order valence-corrected chi connectivity index (χ3v) is 3.13. The molecule has 1 atom stereocenters. The first kappa shape index (κ1) is 11.2. The van der Waals surface area contributed by atoms with Crippen LogP contribution in [0.2, 0.25) is 0 Å². The summed E-state index contributed by atoms with van der Waals surface area (Å²) in [6.45, 7) is 4.54. The molecule has 0 N–H and O–H groups in total. The highest BCUT2D eigenvalue weighted by Crippen LogP contribution is 2.42. The van der Waals surface area contributed by atoms with Crippen molar-refractivity contribution in [2.75, 3.05) is 7.11 Å². The summed E-state index contributed by atoms with van der Waals surface area (Å²) < 4.78 is 5.50. The fraction of sp³-hybridized carbons (Fsp3) is 0.615. The summed E-state index contributed by atoms with van der Waals surface area (Å²) in [5, 5.41) is 4.11. The van der Waals surface area contributed by atoms with Crippen LogP contribution in [0.5, 0.6) is 0 Å². The van der Waals surface area contributed by atoms with Crippen LogP contribution < -0.4 is 0 Å². The molecule has 1 aromatic heterocycles. The van der Waals surface area contributed by atoms with Crippen molar-refractivity contribution in [1.29, 1.82) is 0 Å². The second-order valence-corrected chi connectivity index (χ2v) is 5.30. The molecule has 0 aliphatic heterocycles. The van der Waals surface area contributed by atoms with Gasteiger partial charge in [-0.25, -0.2) is 0 Å². The van der Waals surface area contributed by atoms with E-state index in [1.165, 1.54) is 0 Å². The zero-order valence-electron chi connectivity index (χ0n) is 10.2. The molecule has 16 heavy (non-hydrogen) atoms. The van der Waals surface area contributed by atoms with Gasteiger partial charge in [0.1, 0.15) is 12.9 Å². The van der Waals surface area contributed by atoms with E-state index < -0.39 is 0 Å². The zero-order valence-corrected chi connectivity index (χ0v) is 10.2. The summed E-state index contributed by atoms with van der Waals surface area (Å²) in [5.74, 6) is 1.50. The highest BCUT2D eigenvalue weighted by molar-refractivity contribution is 5.86. The molecule has 1 unspecified atom stereocenters. The largest absolute Gasteiger partial charge is 0.469 e. The molecule has 3 heteroatoms. The monoisotopic (exact) mass is 221 g/mol. The number of hydrogen-bond donors (Lipinski definition) is 0. The van der Waals surface area contributed by atoms with Crippen LogP contribution in [0.15, 0.2) is 28.0 Å². The van der Waals surface area contributed by atoms with Crippen LogP contribution in [0, 0.1) is 5.41 Å². The molecule has 3 nitrogen and oxygen atoms in total. The van der Waals surface area contributed by atoms with Gasteiger partial charge < -0.3 is 9.25 Å². The number of furan rings is 1. The van der Waals surface area contributed by atoms with Crippen molar-refractivity contribution in [2.24, 2.45) is 10.6 Å². The van der Waals surface area contributed by atoms with Gasteiger partial charge in [0.25, 0.3) is 0 Å². The number of nitrogens with zero attached hydrogens (tertiary/aromatic N) is 1. The van der Waals surface area contributed by atoms with E-state index in [0.29, 0.717) is 5.92 Å². The van der Waals surface area contributed by atoms with Gasteiger partial charge >= 0.3 is 0 Å². The van der Waals surface area contributed by atoms with Crippen LogP contribution in [-0.4, -0.2) is 12.8 Å². The minimum absolute atomic E-state index is 0.271. The predicted molar refractivity (Wildman–Crippen MR) is 63.5 cm³/mol. The normalized spacial score (nSPS) is 26.9. The molecule has 1 saturated carbocycles. The molecule has 1 heterocycles. The van der Waals surface area contributed by atoms with Crippen LogP contribution in [-0.2, 0) is 4.84 Å². The number of oxime groups is 1. The molecule has 0 spiro atoms. The lowest BCUT2D eigenvalue weighted by atomic mass is 9.70. The summed E-state index contributed by atoms with van der Waals surface area (Å²) in [5.41, 5.74) is 1.41. The highest BCUT2D eigenvalue weighted by Gasteiger charge is 2.34. The zero-order chi connectivity index (χ0) is 11.6. The Labute approximate surface area is 96.5 Å². The van der Waals surface area contributed by atoms with Gasteiger partial charge in [-0.15, -0.1) is 0 Å². The van der Waals surface area contributed by atoms with Crippen molar-refractivity contribution in [2.45, 2.75) is 39.0 Å². The molecule has 0 amide bonds. The highest BCUT2D eigenvalue weighted by atomic mass is 16.6. The summed E-state index contributed by atoms with van der Waals surface area (Å²) in [6.07, 6.45) is 4.84. The van der Waals surface area contributed by atoms with Gasteiger partial charge in [0.05, 0.1) is 12.0 Å². The Bertz CT molecular complexity index is 365. The van der Waals surface area contributed by atoms with Gasteiger partial charge in [0, 0.05) is 5.92 Å². The maximum atomic E-state index is 5.50. The van der Waals surface area contributed by atoms with E-state index in [1.807, 2.05) is 6.07 Å². The lowest BCUT2D eigenvalue weighted by molar-refractivity contribution is 0.201. The summed E-state index contributed by atoms with van der Waals surface area (Å²) >= 11 is 0. The molecule has 1 fully saturated rings. The van der Waals surface area contributed by atoms with E-state index in [0.717, 1.165) is 30.7 Å². The van der Waals surface area contributed by atoms with E-state index in [-0.39, 0.29) is 5.41 Å². The van der Waals surface area contributed by atoms with E-state index in [4.69, 9.17) is 9.25 Å². The standard InChI is InChI=1S/C13H19NO2/c1-13(2)8-10(12-5-4-6-16-12)7-11(9-13)14-15-3/h4-6,10H,7-9H2,1-3H3/b14-11-. The molecule has 0 radical (unpaired) electrons. The third kappa shape index (κ3) is 2.46. The van der Waals surface area contributed by atoms with Gasteiger partial charge in [-0.05, 0) is 36.8 Å². The Morgan fingerprint density at radius 2 is 2.31 bits per heavy atom. The molecular formula is C13H19NO2. The molecule has 2 rings (SSSR count). The van der Waals surface area contributed by atoms with E-state index in [1.54, 1.807) is 13.4 Å². The topological polar surface area (TPSA) is 34.7 Å². The predicted octanol–water partition coefficient (Wildman–Crippen LogP) is 3.58. The van der Waals surface area contributed by atoms with Crippen LogP contribution in [0.25, 0.3) is 0 Å². The van der Waals surface area contributed by atoms with Crippen LogP contribution in [0.4, 0.5) is 0 Å². The maximum absolute atomic E-state index is 5.50. The Morgan fingerprint density at radius 1 is 1.50 bits per heavy atom. The third-order valence-electron chi connectivity index (χ3n) is 3.13. The minimum Gasteiger partial charge on any atom is -0.469 e. The van der Waals surface area contributed by atoms with Gasteiger partial charge in [-0.1, -0.05) is 19.0 Å². The minimum atomic E-state index is 0.271. The van der Waals surface area contributed by atoms with Gasteiger partial charge in [0.2, 0.25) is 0 Å². The number of rotatable bonds is 2. The van der Waals surface area contributed by atoms with Crippen molar-refractivity contribution in [3.8, 4) is 0 Å². The molecule has 1 aromatic rings. The van der Waals surface area contributed by atoms with Gasteiger partial charge in [0.15, 0.2) is 0 Å². The molecule has 0 saturated heterocycles. The van der Waals surface area contributed by atoms with Crippen molar-refractivity contribution >= 4 is 5.71 Å². The van der Waals surface area contributed by atoms with Crippen molar-refractivity contribution in [3.05, 3.63) is 24.2 Å². The lowest BCUT2D eigenvalue weighted by Gasteiger charge is -2.34. The average Bonchev–Trinajstić information content (AvgIpc) is 2.68. The summed E-state index contributed by atoms with van der Waals surface area (Å²) in [7, 11) is 1.61. The van der Waals surface area contributed by atoms with Crippen molar-refractivity contribution in [3.63, 3.8) is 0 Å². The van der Waals surface area contributed by atoms with Crippen molar-refractivity contribution in [1.82, 2.24) is 0 Å². The van der Waals surface area contributed by atoms with Crippen LogP contribution in [0.3, 0.4) is 0 Å². The molecule has 1 aliphatic rings. The maximum Gasteiger partial charge on any atom is 0.107 e. The second-order valence-electron chi connectivity index (χ2n) is 5.30. The van der Waals surface area contributed by atoms with Gasteiger partial charge in [-0.3, -0.25) is 0 Å². The smallest absolute Gasteiger partial charge is 0.107 e. The quantitative estimate of drug-likeness (QED) is 0.715. The molecule has 88 valence electrons. The van der Waals surface area contributed by atoms with Crippen LogP contribution in [0.1, 0.15) is 44.8 Å². The fourth-order valence-corrected chi connectivity index (χ4v) is 2.64.